The van der Waals surface area contributed by atoms with E-state index in [1.807, 2.05) is 60.4 Å². The molecule has 1 aliphatic heterocycles. The predicted molar refractivity (Wildman–Crippen MR) is 108 cm³/mol. The number of benzene rings is 2. The maximum Gasteiger partial charge on any atom is 0.415 e. The minimum absolute atomic E-state index is 0.117. The van der Waals surface area contributed by atoms with Gasteiger partial charge in [-0.3, -0.25) is 9.69 Å². The van der Waals surface area contributed by atoms with Crippen LogP contribution in [-0.2, 0) is 11.3 Å². The monoisotopic (exact) mass is 381 g/mol. The summed E-state index contributed by atoms with van der Waals surface area (Å²) >= 11 is 0. The number of hydrogen-bond acceptors (Lipinski definition) is 4. The molecule has 3 rings (SSSR count). The van der Waals surface area contributed by atoms with E-state index in [2.05, 4.69) is 4.90 Å². The second kappa shape index (κ2) is 9.90. The van der Waals surface area contributed by atoms with Gasteiger partial charge in [-0.1, -0.05) is 48.5 Å². The number of carbonyl (C=O) groups is 2. The zero-order chi connectivity index (χ0) is 19.8. The molecule has 0 unspecified atom stereocenters. The fourth-order valence-corrected chi connectivity index (χ4v) is 3.21. The molecule has 1 aliphatic rings. The lowest BCUT2D eigenvalue weighted by Gasteiger charge is -2.34. The average Bonchev–Trinajstić information content (AvgIpc) is 2.74. The predicted octanol–water partition coefficient (Wildman–Crippen LogP) is 2.85. The Labute approximate surface area is 166 Å². The summed E-state index contributed by atoms with van der Waals surface area (Å²) in [5.41, 5.74) is 1.13. The van der Waals surface area contributed by atoms with Gasteiger partial charge in [0.1, 0.15) is 5.75 Å². The van der Waals surface area contributed by atoms with E-state index in [9.17, 15) is 9.59 Å². The average molecular weight is 381 g/mol. The SMILES string of the molecule is CCN(Cc1ccccc1)C(=O)CN1CCN(C(=O)Oc2ccccc2)CC1. The van der Waals surface area contributed by atoms with Crippen molar-refractivity contribution in [3.8, 4) is 5.75 Å². The second-order valence-electron chi connectivity index (χ2n) is 6.84. The van der Waals surface area contributed by atoms with E-state index in [0.29, 0.717) is 51.6 Å². The fourth-order valence-electron chi connectivity index (χ4n) is 3.21. The molecule has 1 saturated heterocycles. The molecule has 0 saturated carbocycles. The fraction of sp³-hybridized carbons (Fsp3) is 0.364. The number of rotatable bonds is 6. The standard InChI is InChI=1S/C22H27N3O3/c1-2-24(17-19-9-5-3-6-10-19)21(26)18-23-13-15-25(16-14-23)22(27)28-20-11-7-4-8-12-20/h3-12H,2,13-18H2,1H3. The molecule has 0 aliphatic carbocycles. The molecule has 148 valence electrons. The van der Waals surface area contributed by atoms with E-state index < -0.39 is 0 Å². The Kier molecular flexibility index (Phi) is 7.03. The van der Waals surface area contributed by atoms with Crippen LogP contribution < -0.4 is 4.74 Å². The van der Waals surface area contributed by atoms with Crippen LogP contribution in [0, 0.1) is 0 Å². The van der Waals surface area contributed by atoms with Crippen LogP contribution in [0.3, 0.4) is 0 Å². The van der Waals surface area contributed by atoms with Gasteiger partial charge in [-0.25, -0.2) is 4.79 Å². The summed E-state index contributed by atoms with van der Waals surface area (Å²) < 4.78 is 5.39. The minimum Gasteiger partial charge on any atom is -0.410 e. The van der Waals surface area contributed by atoms with Crippen LogP contribution in [-0.4, -0.2) is 66.0 Å². The van der Waals surface area contributed by atoms with Crippen molar-refractivity contribution >= 4 is 12.0 Å². The van der Waals surface area contributed by atoms with Gasteiger partial charge in [0.25, 0.3) is 0 Å². The van der Waals surface area contributed by atoms with Crippen molar-refractivity contribution in [3.05, 3.63) is 66.2 Å². The topological polar surface area (TPSA) is 53.1 Å². The first-order valence-corrected chi connectivity index (χ1v) is 9.71. The molecule has 2 aromatic carbocycles. The third-order valence-electron chi connectivity index (χ3n) is 4.89. The van der Waals surface area contributed by atoms with Crippen LogP contribution in [0.1, 0.15) is 12.5 Å². The first-order valence-electron chi connectivity index (χ1n) is 9.71. The van der Waals surface area contributed by atoms with E-state index in [1.165, 1.54) is 0 Å². The Morgan fingerprint density at radius 2 is 1.54 bits per heavy atom. The minimum atomic E-state index is -0.337. The van der Waals surface area contributed by atoms with Gasteiger partial charge in [0.15, 0.2) is 0 Å². The number of likely N-dealkylation sites (N-methyl/N-ethyl adjacent to an activating group) is 1. The quantitative estimate of drug-likeness (QED) is 0.772. The molecule has 0 bridgehead atoms. The van der Waals surface area contributed by atoms with Gasteiger partial charge in [0.2, 0.25) is 5.91 Å². The third-order valence-corrected chi connectivity index (χ3v) is 4.89. The molecule has 2 amide bonds. The Balaban J connectivity index is 1.45. The van der Waals surface area contributed by atoms with E-state index in [4.69, 9.17) is 4.74 Å². The van der Waals surface area contributed by atoms with Gasteiger partial charge < -0.3 is 14.5 Å². The smallest absolute Gasteiger partial charge is 0.410 e. The molecule has 1 heterocycles. The molecule has 0 atom stereocenters. The Bertz CT molecular complexity index is 759. The molecular formula is C22H27N3O3. The maximum atomic E-state index is 12.7. The van der Waals surface area contributed by atoms with Crippen molar-refractivity contribution in [3.63, 3.8) is 0 Å². The van der Waals surface area contributed by atoms with Crippen molar-refractivity contribution < 1.29 is 14.3 Å². The van der Waals surface area contributed by atoms with Crippen LogP contribution in [0.15, 0.2) is 60.7 Å². The number of para-hydroxylation sites is 1. The second-order valence-corrected chi connectivity index (χ2v) is 6.84. The van der Waals surface area contributed by atoms with Gasteiger partial charge >= 0.3 is 6.09 Å². The highest BCUT2D eigenvalue weighted by atomic mass is 16.6. The van der Waals surface area contributed by atoms with E-state index in [-0.39, 0.29) is 12.0 Å². The van der Waals surface area contributed by atoms with Crippen molar-refractivity contribution in [2.45, 2.75) is 13.5 Å². The van der Waals surface area contributed by atoms with Gasteiger partial charge in [-0.05, 0) is 24.6 Å². The summed E-state index contributed by atoms with van der Waals surface area (Å²) in [5.74, 6) is 0.663. The van der Waals surface area contributed by atoms with Crippen LogP contribution >= 0.6 is 0 Å². The van der Waals surface area contributed by atoms with Crippen molar-refractivity contribution in [1.82, 2.24) is 14.7 Å². The van der Waals surface area contributed by atoms with Crippen LogP contribution in [0.4, 0.5) is 4.79 Å². The highest BCUT2D eigenvalue weighted by Gasteiger charge is 2.25. The molecular weight excluding hydrogens is 354 g/mol. The zero-order valence-corrected chi connectivity index (χ0v) is 16.3. The van der Waals surface area contributed by atoms with Crippen molar-refractivity contribution in [1.29, 1.82) is 0 Å². The third kappa shape index (κ3) is 5.57. The van der Waals surface area contributed by atoms with Gasteiger partial charge in [0, 0.05) is 39.3 Å². The van der Waals surface area contributed by atoms with Gasteiger partial charge in [0.05, 0.1) is 6.54 Å². The molecule has 28 heavy (non-hydrogen) atoms. The van der Waals surface area contributed by atoms with E-state index >= 15 is 0 Å². The number of piperazine rings is 1. The Hall–Kier alpha value is -2.86. The number of ether oxygens (including phenoxy) is 1. The number of amides is 2. The molecule has 6 nitrogen and oxygen atoms in total. The molecule has 2 aromatic rings. The summed E-state index contributed by atoms with van der Waals surface area (Å²) in [4.78, 5) is 30.6. The highest BCUT2D eigenvalue weighted by Crippen LogP contribution is 2.12. The molecule has 0 aromatic heterocycles. The summed E-state index contributed by atoms with van der Waals surface area (Å²) in [6, 6.07) is 19.1. The zero-order valence-electron chi connectivity index (χ0n) is 16.3. The number of nitrogens with zero attached hydrogens (tertiary/aromatic N) is 3. The molecule has 0 spiro atoms. The molecule has 0 N–H and O–H groups in total. The summed E-state index contributed by atoms with van der Waals surface area (Å²) in [5, 5.41) is 0. The first kappa shape index (κ1) is 19.9. The molecule has 6 heteroatoms. The highest BCUT2D eigenvalue weighted by molar-refractivity contribution is 5.78. The van der Waals surface area contributed by atoms with Gasteiger partial charge in [-0.2, -0.15) is 0 Å². The van der Waals surface area contributed by atoms with Gasteiger partial charge in [-0.15, -0.1) is 0 Å². The molecule has 0 radical (unpaired) electrons. The Morgan fingerprint density at radius 1 is 0.929 bits per heavy atom. The normalized spacial score (nSPS) is 14.5. The lowest BCUT2D eigenvalue weighted by Crippen LogP contribution is -2.52. The first-order chi connectivity index (χ1) is 13.7. The lowest BCUT2D eigenvalue weighted by molar-refractivity contribution is -0.133. The van der Waals surface area contributed by atoms with E-state index in [1.54, 1.807) is 17.0 Å². The summed E-state index contributed by atoms with van der Waals surface area (Å²) in [6.45, 7) is 6.13. The Morgan fingerprint density at radius 3 is 2.14 bits per heavy atom. The number of hydrogen-bond donors (Lipinski definition) is 0. The summed E-state index contributed by atoms with van der Waals surface area (Å²) in [7, 11) is 0. The van der Waals surface area contributed by atoms with Crippen LogP contribution in [0.25, 0.3) is 0 Å². The van der Waals surface area contributed by atoms with Crippen molar-refractivity contribution in [2.24, 2.45) is 0 Å². The number of carbonyl (C=O) groups excluding carboxylic acids is 2. The van der Waals surface area contributed by atoms with Crippen LogP contribution in [0.5, 0.6) is 5.75 Å². The van der Waals surface area contributed by atoms with E-state index in [0.717, 1.165) is 5.56 Å². The molecule has 1 fully saturated rings. The van der Waals surface area contributed by atoms with Crippen molar-refractivity contribution in [2.75, 3.05) is 39.3 Å². The summed E-state index contributed by atoms with van der Waals surface area (Å²) in [6.07, 6.45) is -0.337. The van der Waals surface area contributed by atoms with Crippen LogP contribution in [0.2, 0.25) is 0 Å². The largest absolute Gasteiger partial charge is 0.415 e. The lowest BCUT2D eigenvalue weighted by atomic mass is 10.2. The maximum absolute atomic E-state index is 12.7.